The molecule has 1 aromatic carbocycles. The molecule has 4 heteroatoms. The molecule has 0 aliphatic rings. The van der Waals surface area contributed by atoms with Gasteiger partial charge in [0.15, 0.2) is 11.6 Å². The Hall–Kier alpha value is -0.900. The summed E-state index contributed by atoms with van der Waals surface area (Å²) in [6.45, 7) is 2.51. The summed E-state index contributed by atoms with van der Waals surface area (Å²) in [5.41, 5.74) is 0. The monoisotopic (exact) mass is 216 g/mol. The smallest absolute Gasteiger partial charge is 0.182 e. The van der Waals surface area contributed by atoms with Crippen molar-refractivity contribution >= 4 is 12.6 Å². The van der Waals surface area contributed by atoms with Gasteiger partial charge in [0.1, 0.15) is 5.75 Å². The van der Waals surface area contributed by atoms with E-state index in [4.69, 9.17) is 9.84 Å². The summed E-state index contributed by atoms with van der Waals surface area (Å²) >= 11 is 3.82. The third-order valence-electron chi connectivity index (χ3n) is 1.81. The van der Waals surface area contributed by atoms with E-state index < -0.39 is 5.82 Å². The van der Waals surface area contributed by atoms with E-state index in [0.717, 1.165) is 12.8 Å². The third kappa shape index (κ3) is 2.54. The van der Waals surface area contributed by atoms with E-state index in [0.29, 0.717) is 6.61 Å². The molecule has 0 aromatic heterocycles. The maximum atomic E-state index is 13.3. The highest BCUT2D eigenvalue weighted by molar-refractivity contribution is 7.80. The minimum Gasteiger partial charge on any atom is -0.507 e. The van der Waals surface area contributed by atoms with Crippen LogP contribution in [0.2, 0.25) is 0 Å². The molecule has 78 valence electrons. The van der Waals surface area contributed by atoms with Crippen LogP contribution in [0.25, 0.3) is 0 Å². The lowest BCUT2D eigenvalue weighted by atomic mass is 10.3. The van der Waals surface area contributed by atoms with Gasteiger partial charge in [-0.05, 0) is 18.6 Å². The number of rotatable bonds is 4. The Balaban J connectivity index is 2.73. The number of phenols is 1. The summed E-state index contributed by atoms with van der Waals surface area (Å²) in [4.78, 5) is -0.0704. The number of hydrogen-bond donors (Lipinski definition) is 2. The second-order valence-corrected chi connectivity index (χ2v) is 3.39. The number of benzene rings is 1. The summed E-state index contributed by atoms with van der Waals surface area (Å²) in [6, 6.07) is 2.77. The number of phenolic OH excluding ortho intramolecular Hbond substituents is 1. The van der Waals surface area contributed by atoms with Crippen molar-refractivity contribution in [1.29, 1.82) is 0 Å². The van der Waals surface area contributed by atoms with Crippen molar-refractivity contribution in [2.45, 2.75) is 24.7 Å². The largest absolute Gasteiger partial charge is 0.507 e. The van der Waals surface area contributed by atoms with Crippen molar-refractivity contribution in [2.24, 2.45) is 0 Å². The number of aromatic hydroxyl groups is 1. The average molecular weight is 216 g/mol. The second-order valence-electron chi connectivity index (χ2n) is 2.95. The molecule has 0 heterocycles. The molecule has 1 aromatic rings. The first kappa shape index (κ1) is 11.2. The van der Waals surface area contributed by atoms with Gasteiger partial charge in [0.05, 0.1) is 11.5 Å². The molecule has 1 rings (SSSR count). The van der Waals surface area contributed by atoms with Gasteiger partial charge in [-0.25, -0.2) is 4.39 Å². The Bertz CT molecular complexity index is 315. The molecule has 2 nitrogen and oxygen atoms in total. The Kier molecular flexibility index (Phi) is 4.07. The zero-order chi connectivity index (χ0) is 10.6. The highest BCUT2D eigenvalue weighted by Gasteiger charge is 2.10. The molecule has 0 saturated carbocycles. The molecule has 0 fully saturated rings. The second kappa shape index (κ2) is 5.10. The third-order valence-corrected chi connectivity index (χ3v) is 2.24. The molecule has 0 spiro atoms. The predicted molar refractivity (Wildman–Crippen MR) is 55.7 cm³/mol. The van der Waals surface area contributed by atoms with E-state index in [2.05, 4.69) is 12.6 Å². The maximum Gasteiger partial charge on any atom is 0.182 e. The summed E-state index contributed by atoms with van der Waals surface area (Å²) in [6.07, 6.45) is 1.87. The van der Waals surface area contributed by atoms with Crippen molar-refractivity contribution in [3.63, 3.8) is 0 Å². The lowest BCUT2D eigenvalue weighted by molar-refractivity contribution is 0.290. The van der Waals surface area contributed by atoms with Crippen molar-refractivity contribution in [2.75, 3.05) is 6.61 Å². The molecule has 14 heavy (non-hydrogen) atoms. The van der Waals surface area contributed by atoms with Crippen LogP contribution in [0.4, 0.5) is 4.39 Å². The number of thiol groups is 1. The standard InChI is InChI=1S/C10H13FO2S/c1-2-3-6-13-8-5-4-7(12)10(14)9(8)11/h4-5,12,14H,2-3,6H2,1H3. The van der Waals surface area contributed by atoms with Gasteiger partial charge in [0.25, 0.3) is 0 Å². The minimum absolute atomic E-state index is 0.0704. The molecule has 0 saturated heterocycles. The first-order valence-electron chi connectivity index (χ1n) is 4.50. The number of unbranched alkanes of at least 4 members (excludes halogenated alkanes) is 1. The highest BCUT2D eigenvalue weighted by Crippen LogP contribution is 2.30. The fraction of sp³-hybridized carbons (Fsp3) is 0.400. The molecule has 0 atom stereocenters. The SMILES string of the molecule is CCCCOc1ccc(O)c(S)c1F. The lowest BCUT2D eigenvalue weighted by Crippen LogP contribution is -1.99. The van der Waals surface area contributed by atoms with E-state index in [1.807, 2.05) is 6.92 Å². The topological polar surface area (TPSA) is 29.5 Å². The van der Waals surface area contributed by atoms with Crippen LogP contribution < -0.4 is 4.74 Å². The Morgan fingerprint density at radius 2 is 2.21 bits per heavy atom. The van der Waals surface area contributed by atoms with Gasteiger partial charge < -0.3 is 9.84 Å². The van der Waals surface area contributed by atoms with Gasteiger partial charge in [-0.3, -0.25) is 0 Å². The van der Waals surface area contributed by atoms with Gasteiger partial charge in [0, 0.05) is 0 Å². The lowest BCUT2D eigenvalue weighted by Gasteiger charge is -2.08. The Morgan fingerprint density at radius 3 is 2.86 bits per heavy atom. The summed E-state index contributed by atoms with van der Waals surface area (Å²) < 4.78 is 18.5. The predicted octanol–water partition coefficient (Wildman–Crippen LogP) is 3.00. The zero-order valence-corrected chi connectivity index (χ0v) is 8.85. The highest BCUT2D eigenvalue weighted by atomic mass is 32.1. The normalized spacial score (nSPS) is 10.2. The summed E-state index contributed by atoms with van der Waals surface area (Å²) in [7, 11) is 0. The van der Waals surface area contributed by atoms with Crippen molar-refractivity contribution in [3.8, 4) is 11.5 Å². The molecule has 1 N–H and O–H groups in total. The Labute approximate surface area is 88.1 Å². The van der Waals surface area contributed by atoms with E-state index in [1.54, 1.807) is 0 Å². The van der Waals surface area contributed by atoms with Crippen LogP contribution in [-0.4, -0.2) is 11.7 Å². The van der Waals surface area contributed by atoms with E-state index >= 15 is 0 Å². The van der Waals surface area contributed by atoms with E-state index in [-0.39, 0.29) is 16.4 Å². The molecule has 0 amide bonds. The molecular weight excluding hydrogens is 203 g/mol. The van der Waals surface area contributed by atoms with Crippen molar-refractivity contribution < 1.29 is 14.2 Å². The fourth-order valence-corrected chi connectivity index (χ4v) is 1.16. The Morgan fingerprint density at radius 1 is 1.50 bits per heavy atom. The van der Waals surface area contributed by atoms with Crippen LogP contribution in [0.1, 0.15) is 19.8 Å². The van der Waals surface area contributed by atoms with Gasteiger partial charge in [-0.1, -0.05) is 13.3 Å². The van der Waals surface area contributed by atoms with Gasteiger partial charge in [0.2, 0.25) is 0 Å². The van der Waals surface area contributed by atoms with E-state index in [1.165, 1.54) is 12.1 Å². The summed E-state index contributed by atoms with van der Waals surface area (Å²) in [5.74, 6) is -0.639. The fourth-order valence-electron chi connectivity index (χ4n) is 0.974. The van der Waals surface area contributed by atoms with Crippen molar-refractivity contribution in [1.82, 2.24) is 0 Å². The van der Waals surface area contributed by atoms with Crippen LogP contribution in [0.3, 0.4) is 0 Å². The number of hydrogen-bond acceptors (Lipinski definition) is 3. The molecule has 0 aliphatic carbocycles. The molecular formula is C10H13FO2S. The molecule has 0 radical (unpaired) electrons. The number of ether oxygens (including phenoxy) is 1. The van der Waals surface area contributed by atoms with Gasteiger partial charge >= 0.3 is 0 Å². The zero-order valence-electron chi connectivity index (χ0n) is 7.96. The van der Waals surface area contributed by atoms with Crippen LogP contribution in [0.5, 0.6) is 11.5 Å². The van der Waals surface area contributed by atoms with Crippen LogP contribution in [0.15, 0.2) is 17.0 Å². The van der Waals surface area contributed by atoms with E-state index in [9.17, 15) is 4.39 Å². The first-order chi connectivity index (χ1) is 6.66. The van der Waals surface area contributed by atoms with Crippen LogP contribution in [0, 0.1) is 5.82 Å². The molecule has 0 unspecified atom stereocenters. The quantitative estimate of drug-likeness (QED) is 0.598. The van der Waals surface area contributed by atoms with Gasteiger partial charge in [-0.2, -0.15) is 0 Å². The van der Waals surface area contributed by atoms with Crippen LogP contribution >= 0.6 is 12.6 Å². The van der Waals surface area contributed by atoms with Gasteiger partial charge in [-0.15, -0.1) is 12.6 Å². The minimum atomic E-state index is -0.607. The maximum absolute atomic E-state index is 13.3. The molecule has 0 aliphatic heterocycles. The summed E-state index contributed by atoms with van der Waals surface area (Å²) in [5, 5.41) is 9.12. The number of halogens is 1. The first-order valence-corrected chi connectivity index (χ1v) is 4.94. The van der Waals surface area contributed by atoms with Crippen LogP contribution in [-0.2, 0) is 0 Å². The van der Waals surface area contributed by atoms with Crippen molar-refractivity contribution in [3.05, 3.63) is 17.9 Å². The molecule has 0 bridgehead atoms. The average Bonchev–Trinajstić information content (AvgIpc) is 2.18.